The molecular formula is C24H34BrNO4SSi. The second-order valence-corrected chi connectivity index (χ2v) is 17.5. The predicted octanol–water partition coefficient (Wildman–Crippen LogP) is 6.52. The molecule has 0 amide bonds. The Labute approximate surface area is 202 Å². The molecule has 1 heterocycles. The third kappa shape index (κ3) is 5.58. The summed E-state index contributed by atoms with van der Waals surface area (Å²) >= 11 is 3.46. The molecule has 0 radical (unpaired) electrons. The molecule has 8 heteroatoms. The number of nitrogens with zero attached hydrogens (tertiary/aromatic N) is 1. The van der Waals surface area contributed by atoms with Crippen molar-refractivity contribution >= 4 is 40.0 Å². The Balaban J connectivity index is 1.79. The van der Waals surface area contributed by atoms with E-state index in [1.807, 2.05) is 25.1 Å². The Morgan fingerprint density at radius 2 is 1.91 bits per heavy atom. The molecular weight excluding hydrogens is 506 g/mol. The van der Waals surface area contributed by atoms with Crippen LogP contribution in [0.4, 0.5) is 5.69 Å². The summed E-state index contributed by atoms with van der Waals surface area (Å²) in [5.41, 5.74) is 1.47. The molecule has 3 rings (SSSR count). The van der Waals surface area contributed by atoms with Gasteiger partial charge in [0.1, 0.15) is 11.9 Å². The first-order valence-corrected chi connectivity index (χ1v) is 16.1. The number of rotatable bonds is 7. The van der Waals surface area contributed by atoms with E-state index in [-0.39, 0.29) is 17.7 Å². The van der Waals surface area contributed by atoms with Crippen LogP contribution < -0.4 is 9.04 Å². The Hall–Kier alpha value is -1.35. The monoisotopic (exact) mass is 539 g/mol. The standard InChI is InChI=1S/C24H34BrNO4SSi/c1-18-9-7-11-21(15-18)31(27,28)26-17-20(30-23-13-12-19(25)16-22(23)26)10-8-14-29-32(5,6)24(2,3)4/h7,9,11-13,15-16,20H,8,10,14,17H2,1-6H3/t20-/m0/s1. The van der Waals surface area contributed by atoms with Gasteiger partial charge in [-0.3, -0.25) is 4.31 Å². The van der Waals surface area contributed by atoms with Gasteiger partial charge >= 0.3 is 0 Å². The molecule has 0 aliphatic carbocycles. The van der Waals surface area contributed by atoms with E-state index in [1.165, 1.54) is 4.31 Å². The molecule has 0 saturated carbocycles. The van der Waals surface area contributed by atoms with Gasteiger partial charge in [0.2, 0.25) is 0 Å². The number of aryl methyl sites for hydroxylation is 1. The molecule has 5 nitrogen and oxygen atoms in total. The van der Waals surface area contributed by atoms with Gasteiger partial charge in [0.15, 0.2) is 8.32 Å². The van der Waals surface area contributed by atoms with Crippen molar-refractivity contribution in [1.82, 2.24) is 0 Å². The van der Waals surface area contributed by atoms with Crippen LogP contribution in [0, 0.1) is 6.92 Å². The molecule has 0 N–H and O–H groups in total. The van der Waals surface area contributed by atoms with Crippen molar-refractivity contribution < 1.29 is 17.6 Å². The normalized spacial score (nSPS) is 17.1. The Bertz CT molecular complexity index is 1070. The van der Waals surface area contributed by atoms with Crippen LogP contribution in [-0.4, -0.2) is 36.0 Å². The second kappa shape index (κ2) is 9.48. The fourth-order valence-corrected chi connectivity index (χ4v) is 6.46. The number of ether oxygens (including phenoxy) is 1. The van der Waals surface area contributed by atoms with E-state index in [1.54, 1.807) is 24.3 Å². The lowest BCUT2D eigenvalue weighted by atomic mass is 10.1. The Kier molecular flexibility index (Phi) is 7.49. The lowest BCUT2D eigenvalue weighted by molar-refractivity contribution is 0.173. The van der Waals surface area contributed by atoms with E-state index in [0.717, 1.165) is 22.9 Å². The summed E-state index contributed by atoms with van der Waals surface area (Å²) in [5.74, 6) is 0.589. The van der Waals surface area contributed by atoms with Crippen LogP contribution in [0.2, 0.25) is 18.1 Å². The van der Waals surface area contributed by atoms with Crippen LogP contribution in [0.15, 0.2) is 51.8 Å². The molecule has 0 bridgehead atoms. The predicted molar refractivity (Wildman–Crippen MR) is 137 cm³/mol. The quantitative estimate of drug-likeness (QED) is 0.297. The minimum absolute atomic E-state index is 0.166. The van der Waals surface area contributed by atoms with E-state index < -0.39 is 18.3 Å². The number of halogens is 1. The zero-order chi connectivity index (χ0) is 23.7. The zero-order valence-corrected chi connectivity index (χ0v) is 23.2. The highest BCUT2D eigenvalue weighted by Gasteiger charge is 2.37. The van der Waals surface area contributed by atoms with Crippen molar-refractivity contribution in [3.05, 3.63) is 52.5 Å². The molecule has 2 aromatic carbocycles. The maximum Gasteiger partial charge on any atom is 0.264 e. The largest absolute Gasteiger partial charge is 0.486 e. The molecule has 0 fully saturated rings. The Morgan fingerprint density at radius 1 is 1.19 bits per heavy atom. The highest BCUT2D eigenvalue weighted by Crippen LogP contribution is 2.40. The smallest absolute Gasteiger partial charge is 0.264 e. The molecule has 32 heavy (non-hydrogen) atoms. The van der Waals surface area contributed by atoms with Crippen molar-refractivity contribution in [2.24, 2.45) is 0 Å². The van der Waals surface area contributed by atoms with Gasteiger partial charge in [0.25, 0.3) is 10.0 Å². The van der Waals surface area contributed by atoms with Crippen molar-refractivity contribution in [2.75, 3.05) is 17.5 Å². The minimum Gasteiger partial charge on any atom is -0.486 e. The number of benzene rings is 2. The van der Waals surface area contributed by atoms with Crippen LogP contribution in [0.3, 0.4) is 0 Å². The third-order valence-corrected chi connectivity index (χ3v) is 13.2. The third-order valence-electron chi connectivity index (χ3n) is 6.37. The number of fused-ring (bicyclic) bond motifs is 1. The zero-order valence-electron chi connectivity index (χ0n) is 19.8. The lowest BCUT2D eigenvalue weighted by Gasteiger charge is -2.37. The molecule has 0 spiro atoms. The fourth-order valence-electron chi connectivity index (χ4n) is 3.42. The summed E-state index contributed by atoms with van der Waals surface area (Å²) in [7, 11) is -5.51. The van der Waals surface area contributed by atoms with E-state index in [4.69, 9.17) is 9.16 Å². The van der Waals surface area contributed by atoms with Gasteiger partial charge in [-0.05, 0) is 73.8 Å². The van der Waals surface area contributed by atoms with Crippen molar-refractivity contribution in [2.45, 2.75) is 69.7 Å². The average molecular weight is 541 g/mol. The first-order chi connectivity index (χ1) is 14.8. The van der Waals surface area contributed by atoms with Gasteiger partial charge in [-0.15, -0.1) is 0 Å². The number of hydrogen-bond acceptors (Lipinski definition) is 4. The maximum atomic E-state index is 13.6. The minimum atomic E-state index is -3.71. The van der Waals surface area contributed by atoms with E-state index in [0.29, 0.717) is 22.9 Å². The van der Waals surface area contributed by atoms with Crippen LogP contribution in [0.5, 0.6) is 5.75 Å². The number of hydrogen-bond donors (Lipinski definition) is 0. The Morgan fingerprint density at radius 3 is 2.56 bits per heavy atom. The fraction of sp³-hybridized carbons (Fsp3) is 0.500. The van der Waals surface area contributed by atoms with Crippen LogP contribution in [0.1, 0.15) is 39.2 Å². The maximum absolute atomic E-state index is 13.6. The van der Waals surface area contributed by atoms with Crippen LogP contribution in [-0.2, 0) is 14.4 Å². The van der Waals surface area contributed by atoms with Gasteiger partial charge in [-0.25, -0.2) is 8.42 Å². The molecule has 0 saturated heterocycles. The first-order valence-electron chi connectivity index (χ1n) is 11.0. The molecule has 1 aliphatic rings. The molecule has 176 valence electrons. The molecule has 1 atom stereocenters. The van der Waals surface area contributed by atoms with E-state index in [2.05, 4.69) is 49.8 Å². The molecule has 2 aromatic rings. The van der Waals surface area contributed by atoms with Gasteiger partial charge < -0.3 is 9.16 Å². The van der Waals surface area contributed by atoms with Crippen LogP contribution in [0.25, 0.3) is 0 Å². The van der Waals surface area contributed by atoms with Gasteiger partial charge in [0.05, 0.1) is 17.1 Å². The van der Waals surface area contributed by atoms with E-state index in [9.17, 15) is 8.42 Å². The average Bonchev–Trinajstić information content (AvgIpc) is 2.70. The summed E-state index contributed by atoms with van der Waals surface area (Å²) < 4.78 is 41.9. The SMILES string of the molecule is Cc1cccc(S(=O)(=O)N2C[C@H](CCCO[Si](C)(C)C(C)(C)C)Oc3ccc(Br)cc32)c1. The highest BCUT2D eigenvalue weighted by molar-refractivity contribution is 9.10. The second-order valence-electron chi connectivity index (χ2n) is 9.96. The van der Waals surface area contributed by atoms with Gasteiger partial charge in [-0.2, -0.15) is 0 Å². The van der Waals surface area contributed by atoms with Gasteiger partial charge in [-0.1, -0.05) is 48.8 Å². The van der Waals surface area contributed by atoms with Crippen molar-refractivity contribution in [3.63, 3.8) is 0 Å². The number of sulfonamides is 1. The summed E-state index contributed by atoms with van der Waals surface area (Å²) in [6.07, 6.45) is 1.32. The van der Waals surface area contributed by atoms with Crippen molar-refractivity contribution in [3.8, 4) is 5.75 Å². The van der Waals surface area contributed by atoms with Crippen LogP contribution >= 0.6 is 15.9 Å². The van der Waals surface area contributed by atoms with Crippen molar-refractivity contribution in [1.29, 1.82) is 0 Å². The lowest BCUT2D eigenvalue weighted by Crippen LogP contribution is -2.44. The van der Waals surface area contributed by atoms with E-state index >= 15 is 0 Å². The first kappa shape index (κ1) is 25.3. The summed E-state index contributed by atoms with van der Waals surface area (Å²) in [4.78, 5) is 0.297. The highest BCUT2D eigenvalue weighted by atomic mass is 79.9. The summed E-state index contributed by atoms with van der Waals surface area (Å²) in [6, 6.07) is 12.5. The number of anilines is 1. The summed E-state index contributed by atoms with van der Waals surface area (Å²) in [5, 5.41) is 0.166. The van der Waals surface area contributed by atoms with Gasteiger partial charge in [0, 0.05) is 11.1 Å². The molecule has 0 aromatic heterocycles. The molecule has 1 aliphatic heterocycles. The molecule has 0 unspecified atom stereocenters. The summed E-state index contributed by atoms with van der Waals surface area (Å²) in [6.45, 7) is 14.0. The topological polar surface area (TPSA) is 55.8 Å².